The average molecular weight is 398 g/mol. The van der Waals surface area contributed by atoms with E-state index in [1.165, 1.54) is 23.1 Å². The van der Waals surface area contributed by atoms with Crippen LogP contribution in [0.5, 0.6) is 0 Å². The van der Waals surface area contributed by atoms with Crippen molar-refractivity contribution in [1.82, 2.24) is 5.32 Å². The Morgan fingerprint density at radius 3 is 2.46 bits per heavy atom. The second-order valence-corrected chi connectivity index (χ2v) is 9.73. The van der Waals surface area contributed by atoms with Crippen LogP contribution in [0.25, 0.3) is 0 Å². The van der Waals surface area contributed by atoms with Crippen LogP contribution in [0.2, 0.25) is 0 Å². The molecule has 1 aromatic heterocycles. The maximum Gasteiger partial charge on any atom is 0.407 e. The van der Waals surface area contributed by atoms with Gasteiger partial charge in [-0.2, -0.15) is 17.0 Å². The highest BCUT2D eigenvalue weighted by molar-refractivity contribution is 7.99. The zero-order chi connectivity index (χ0) is 20.0. The molecule has 0 fully saturated rings. The van der Waals surface area contributed by atoms with Gasteiger partial charge in [-0.3, -0.25) is 4.79 Å². The van der Waals surface area contributed by atoms with E-state index in [1.54, 1.807) is 20.8 Å². The van der Waals surface area contributed by atoms with Crippen molar-refractivity contribution in [2.24, 2.45) is 0 Å². The number of thiophene rings is 1. The molecule has 0 saturated carbocycles. The number of nitrogens with zero attached hydrogens (tertiary/aromatic N) is 1. The highest BCUT2D eigenvalue weighted by atomic mass is 32.2. The van der Waals surface area contributed by atoms with Crippen molar-refractivity contribution in [3.63, 3.8) is 0 Å². The molecular weight excluding hydrogens is 370 g/mol. The molecule has 0 atom stereocenters. The number of anilines is 1. The van der Waals surface area contributed by atoms with Crippen LogP contribution in [-0.2, 0) is 14.9 Å². The predicted molar refractivity (Wildman–Crippen MR) is 108 cm³/mol. The summed E-state index contributed by atoms with van der Waals surface area (Å²) in [6, 6.07) is 2.19. The minimum absolute atomic E-state index is 0.146. The molecule has 0 bridgehead atoms. The lowest BCUT2D eigenvalue weighted by Gasteiger charge is -2.19. The molecule has 0 aliphatic rings. The second kappa shape index (κ2) is 9.28. The van der Waals surface area contributed by atoms with E-state index in [2.05, 4.69) is 16.7 Å². The third-order valence-corrected chi connectivity index (χ3v) is 4.97. The Balaban J connectivity index is 2.39. The molecule has 0 aliphatic heterocycles. The van der Waals surface area contributed by atoms with Gasteiger partial charge in [-0.25, -0.2) is 4.79 Å². The third-order valence-electron chi connectivity index (χ3n) is 3.11. The van der Waals surface area contributed by atoms with E-state index in [-0.39, 0.29) is 17.1 Å². The largest absolute Gasteiger partial charge is 0.444 e. The Kier molecular flexibility index (Phi) is 7.97. The van der Waals surface area contributed by atoms with Gasteiger partial charge in [0.25, 0.3) is 0 Å². The Bertz CT molecular complexity index is 679. The molecule has 1 aromatic rings. The summed E-state index contributed by atoms with van der Waals surface area (Å²) in [5, 5.41) is 17.4. The molecule has 0 saturated heterocycles. The molecule has 2 N–H and O–H groups in total. The number of thioether (sulfide) groups is 1. The predicted octanol–water partition coefficient (Wildman–Crippen LogP) is 4.11. The topological polar surface area (TPSA) is 91.2 Å². The minimum atomic E-state index is -0.526. The first-order chi connectivity index (χ1) is 11.9. The number of nitriles is 1. The van der Waals surface area contributed by atoms with Crippen LogP contribution in [-0.4, -0.2) is 35.7 Å². The Labute approximate surface area is 163 Å². The summed E-state index contributed by atoms with van der Waals surface area (Å²) < 4.78 is 5.13. The lowest BCUT2D eigenvalue weighted by atomic mass is 9.86. The van der Waals surface area contributed by atoms with Crippen LogP contribution in [0.15, 0.2) is 5.38 Å². The number of hydrogen-bond acceptors (Lipinski definition) is 6. The first-order valence-corrected chi connectivity index (χ1v) is 10.3. The van der Waals surface area contributed by atoms with Crippen LogP contribution in [0, 0.1) is 11.3 Å². The van der Waals surface area contributed by atoms with Crippen LogP contribution in [0.1, 0.15) is 52.7 Å². The van der Waals surface area contributed by atoms with E-state index in [0.29, 0.717) is 22.9 Å². The first-order valence-electron chi connectivity index (χ1n) is 8.30. The van der Waals surface area contributed by atoms with Crippen LogP contribution < -0.4 is 10.6 Å². The maximum atomic E-state index is 12.1. The van der Waals surface area contributed by atoms with E-state index in [1.807, 2.05) is 26.2 Å². The Hall–Kier alpha value is -1.72. The van der Waals surface area contributed by atoms with Crippen molar-refractivity contribution < 1.29 is 14.3 Å². The molecule has 0 aliphatic carbocycles. The number of carbonyl (C=O) groups is 2. The Morgan fingerprint density at radius 2 is 1.92 bits per heavy atom. The number of carbonyl (C=O) groups excluding carboxylic acids is 2. The molecule has 0 radical (unpaired) electrons. The van der Waals surface area contributed by atoms with Gasteiger partial charge in [-0.15, -0.1) is 11.3 Å². The number of alkyl carbamates (subject to hydrolysis) is 1. The fourth-order valence-corrected chi connectivity index (χ4v) is 3.78. The van der Waals surface area contributed by atoms with E-state index in [0.717, 1.165) is 5.56 Å². The molecule has 1 heterocycles. The van der Waals surface area contributed by atoms with Crippen molar-refractivity contribution >= 4 is 40.1 Å². The Morgan fingerprint density at radius 1 is 1.27 bits per heavy atom. The summed E-state index contributed by atoms with van der Waals surface area (Å²) in [7, 11) is 0. The number of amides is 2. The standard InChI is InChI=1S/C18H27N3O3S2/c1-17(2,3)13-10-26-15(12(13)9-19)21-14(22)11-25-8-7-20-16(23)24-18(4,5)6/h10H,7-8,11H2,1-6H3,(H,20,23)(H,21,22). The molecule has 26 heavy (non-hydrogen) atoms. The monoisotopic (exact) mass is 397 g/mol. The number of ether oxygens (including phenoxy) is 1. The maximum absolute atomic E-state index is 12.1. The smallest absolute Gasteiger partial charge is 0.407 e. The molecule has 2 amide bonds. The fraction of sp³-hybridized carbons (Fsp3) is 0.611. The van der Waals surface area contributed by atoms with Gasteiger partial charge in [0.1, 0.15) is 16.7 Å². The van der Waals surface area contributed by atoms with Crippen LogP contribution >= 0.6 is 23.1 Å². The summed E-state index contributed by atoms with van der Waals surface area (Å²) in [5.74, 6) is 0.685. The summed E-state index contributed by atoms with van der Waals surface area (Å²) >= 11 is 2.78. The van der Waals surface area contributed by atoms with E-state index in [9.17, 15) is 14.9 Å². The van der Waals surface area contributed by atoms with Crippen molar-refractivity contribution in [2.75, 3.05) is 23.4 Å². The molecule has 0 aromatic carbocycles. The van der Waals surface area contributed by atoms with Gasteiger partial charge in [0, 0.05) is 12.3 Å². The van der Waals surface area contributed by atoms with Crippen LogP contribution in [0.4, 0.5) is 9.80 Å². The van der Waals surface area contributed by atoms with E-state index < -0.39 is 11.7 Å². The molecule has 8 heteroatoms. The van der Waals surface area contributed by atoms with Crippen molar-refractivity contribution in [3.05, 3.63) is 16.5 Å². The van der Waals surface area contributed by atoms with Gasteiger partial charge in [0.2, 0.25) is 5.91 Å². The molecule has 1 rings (SSSR count). The lowest BCUT2D eigenvalue weighted by molar-refractivity contribution is -0.113. The fourth-order valence-electron chi connectivity index (χ4n) is 1.98. The van der Waals surface area contributed by atoms with Crippen molar-refractivity contribution in [3.8, 4) is 6.07 Å². The van der Waals surface area contributed by atoms with Crippen molar-refractivity contribution in [2.45, 2.75) is 52.6 Å². The molecule has 0 spiro atoms. The van der Waals surface area contributed by atoms with Crippen LogP contribution in [0.3, 0.4) is 0 Å². The SMILES string of the molecule is CC(C)(C)OC(=O)NCCSCC(=O)Nc1scc(C(C)(C)C)c1C#N. The minimum Gasteiger partial charge on any atom is -0.444 e. The zero-order valence-electron chi connectivity index (χ0n) is 16.2. The second-order valence-electron chi connectivity index (χ2n) is 7.74. The van der Waals surface area contributed by atoms with Gasteiger partial charge in [0.15, 0.2) is 0 Å². The summed E-state index contributed by atoms with van der Waals surface area (Å²) in [5.41, 5.74) is 0.802. The highest BCUT2D eigenvalue weighted by Crippen LogP contribution is 2.35. The van der Waals surface area contributed by atoms with E-state index in [4.69, 9.17) is 4.74 Å². The zero-order valence-corrected chi connectivity index (χ0v) is 17.8. The molecule has 6 nitrogen and oxygen atoms in total. The molecule has 0 unspecified atom stereocenters. The number of rotatable bonds is 6. The summed E-state index contributed by atoms with van der Waals surface area (Å²) in [4.78, 5) is 23.6. The average Bonchev–Trinajstić information content (AvgIpc) is 2.87. The quantitative estimate of drug-likeness (QED) is 0.705. The lowest BCUT2D eigenvalue weighted by Crippen LogP contribution is -2.33. The van der Waals surface area contributed by atoms with E-state index >= 15 is 0 Å². The summed E-state index contributed by atoms with van der Waals surface area (Å²) in [6.07, 6.45) is -0.463. The highest BCUT2D eigenvalue weighted by Gasteiger charge is 2.23. The van der Waals surface area contributed by atoms with Gasteiger partial charge in [-0.05, 0) is 37.1 Å². The van der Waals surface area contributed by atoms with Gasteiger partial charge < -0.3 is 15.4 Å². The van der Waals surface area contributed by atoms with Gasteiger partial charge in [0.05, 0.1) is 11.3 Å². The number of nitrogens with one attached hydrogen (secondary N) is 2. The first kappa shape index (κ1) is 22.3. The van der Waals surface area contributed by atoms with Crippen molar-refractivity contribution in [1.29, 1.82) is 5.26 Å². The van der Waals surface area contributed by atoms with Gasteiger partial charge >= 0.3 is 6.09 Å². The third kappa shape index (κ3) is 7.67. The number of hydrogen-bond donors (Lipinski definition) is 2. The molecular formula is C18H27N3O3S2. The molecule has 144 valence electrons. The normalized spacial score (nSPS) is 11.6. The summed E-state index contributed by atoms with van der Waals surface area (Å²) in [6.45, 7) is 11.9. The van der Waals surface area contributed by atoms with Gasteiger partial charge in [-0.1, -0.05) is 20.8 Å².